The molecule has 0 aliphatic heterocycles. The monoisotopic (exact) mass is 391 g/mol. The van der Waals surface area contributed by atoms with E-state index in [0.29, 0.717) is 27.9 Å². The number of benzene rings is 2. The summed E-state index contributed by atoms with van der Waals surface area (Å²) in [6, 6.07) is 12.7. The molecule has 0 radical (unpaired) electrons. The van der Waals surface area contributed by atoms with Gasteiger partial charge in [0.05, 0.1) is 24.4 Å². The molecule has 2 aromatic carbocycles. The van der Waals surface area contributed by atoms with E-state index in [9.17, 15) is 14.7 Å². The van der Waals surface area contributed by atoms with Crippen molar-refractivity contribution in [3.05, 3.63) is 81.4 Å². The fourth-order valence-electron chi connectivity index (χ4n) is 3.47. The zero-order valence-electron chi connectivity index (χ0n) is 16.2. The quantitative estimate of drug-likeness (QED) is 0.508. The molecule has 0 bridgehead atoms. The van der Waals surface area contributed by atoms with E-state index >= 15 is 0 Å². The van der Waals surface area contributed by atoms with Gasteiger partial charge in [0.25, 0.3) is 0 Å². The Hall–Kier alpha value is -3.38. The van der Waals surface area contributed by atoms with Crippen molar-refractivity contribution < 1.29 is 18.7 Å². The molecule has 0 aliphatic carbocycles. The van der Waals surface area contributed by atoms with Crippen LogP contribution in [0.5, 0.6) is 0 Å². The summed E-state index contributed by atoms with van der Waals surface area (Å²) in [6.45, 7) is 3.82. The molecule has 1 atom stereocenters. The summed E-state index contributed by atoms with van der Waals surface area (Å²) in [5.74, 6) is -0.352. The number of rotatable bonds is 5. The summed E-state index contributed by atoms with van der Waals surface area (Å²) in [7, 11) is 0. The number of carbonyl (C=O) groups is 1. The Morgan fingerprint density at radius 3 is 2.62 bits per heavy atom. The first kappa shape index (κ1) is 19.0. The van der Waals surface area contributed by atoms with Crippen LogP contribution in [0.1, 0.15) is 28.4 Å². The highest BCUT2D eigenvalue weighted by Gasteiger charge is 2.17. The van der Waals surface area contributed by atoms with Crippen molar-refractivity contribution in [2.24, 2.45) is 0 Å². The Kier molecular flexibility index (Phi) is 4.94. The number of amides is 1. The fraction of sp³-hybridized carbons (Fsp3) is 0.217. The van der Waals surface area contributed by atoms with Crippen LogP contribution in [0.4, 0.5) is 0 Å². The van der Waals surface area contributed by atoms with E-state index in [0.717, 1.165) is 16.3 Å². The number of fused-ring (bicyclic) bond motifs is 2. The first-order valence-corrected chi connectivity index (χ1v) is 9.38. The van der Waals surface area contributed by atoms with E-state index in [2.05, 4.69) is 5.32 Å². The second-order valence-corrected chi connectivity index (χ2v) is 7.16. The van der Waals surface area contributed by atoms with Gasteiger partial charge in [-0.2, -0.15) is 0 Å². The Morgan fingerprint density at radius 1 is 1.10 bits per heavy atom. The molecule has 0 aliphatic rings. The number of carbonyl (C=O) groups excluding carboxylic acids is 1. The van der Waals surface area contributed by atoms with E-state index in [1.165, 1.54) is 0 Å². The van der Waals surface area contributed by atoms with Gasteiger partial charge in [-0.25, -0.2) is 4.79 Å². The van der Waals surface area contributed by atoms with Crippen LogP contribution in [0, 0.1) is 13.8 Å². The maximum absolute atomic E-state index is 12.5. The molecule has 4 rings (SSSR count). The standard InChI is InChI=1S/C23H21NO5/c1-13-12-28-20-10-21-17(8-16(13)20)14(2)18(23(27)29-21)9-22(26)24-11-19(25)15-6-4-3-5-7-15/h3-8,10,12,19,25H,9,11H2,1-2H3,(H,24,26). The summed E-state index contributed by atoms with van der Waals surface area (Å²) in [6.07, 6.45) is 0.726. The Bertz CT molecular complexity index is 1250. The molecule has 4 aromatic rings. The smallest absolute Gasteiger partial charge is 0.340 e. The van der Waals surface area contributed by atoms with Gasteiger partial charge in [0, 0.05) is 23.4 Å². The first-order chi connectivity index (χ1) is 13.9. The Labute approximate surface area is 166 Å². The molecule has 6 heteroatoms. The maximum atomic E-state index is 12.5. The average Bonchev–Trinajstić information content (AvgIpc) is 3.08. The lowest BCUT2D eigenvalue weighted by atomic mass is 10.0. The average molecular weight is 391 g/mol. The minimum Gasteiger partial charge on any atom is -0.464 e. The summed E-state index contributed by atoms with van der Waals surface area (Å²) in [5.41, 5.74) is 3.25. The summed E-state index contributed by atoms with van der Waals surface area (Å²) < 4.78 is 10.9. The normalized spacial score (nSPS) is 12.4. The highest BCUT2D eigenvalue weighted by molar-refractivity contribution is 5.96. The molecule has 1 unspecified atom stereocenters. The molecule has 0 saturated carbocycles. The van der Waals surface area contributed by atoms with Crippen LogP contribution in [0.15, 0.2) is 62.4 Å². The number of aliphatic hydroxyl groups is 1. The summed E-state index contributed by atoms with van der Waals surface area (Å²) in [5, 5.41) is 14.6. The third kappa shape index (κ3) is 3.67. The topological polar surface area (TPSA) is 92.7 Å². The van der Waals surface area contributed by atoms with Crippen molar-refractivity contribution in [2.45, 2.75) is 26.4 Å². The number of nitrogens with one attached hydrogen (secondary N) is 1. The van der Waals surface area contributed by atoms with E-state index in [-0.39, 0.29) is 18.9 Å². The molecule has 0 saturated heterocycles. The van der Waals surface area contributed by atoms with Crippen molar-refractivity contribution in [2.75, 3.05) is 6.54 Å². The zero-order chi connectivity index (χ0) is 20.5. The van der Waals surface area contributed by atoms with Gasteiger partial charge in [-0.1, -0.05) is 30.3 Å². The predicted molar refractivity (Wildman–Crippen MR) is 110 cm³/mol. The highest BCUT2D eigenvalue weighted by atomic mass is 16.4. The minimum atomic E-state index is -0.813. The second kappa shape index (κ2) is 7.56. The first-order valence-electron chi connectivity index (χ1n) is 9.38. The fourth-order valence-corrected chi connectivity index (χ4v) is 3.47. The SMILES string of the molecule is Cc1coc2cc3oc(=O)c(CC(=O)NCC(O)c4ccccc4)c(C)c3cc12. The molecule has 2 aromatic heterocycles. The van der Waals surface area contributed by atoms with Gasteiger partial charge in [0.15, 0.2) is 0 Å². The molecule has 0 spiro atoms. The largest absolute Gasteiger partial charge is 0.464 e. The van der Waals surface area contributed by atoms with E-state index in [1.807, 2.05) is 38.1 Å². The van der Waals surface area contributed by atoms with Crippen molar-refractivity contribution in [3.63, 3.8) is 0 Å². The van der Waals surface area contributed by atoms with Crippen LogP contribution < -0.4 is 10.9 Å². The van der Waals surface area contributed by atoms with Gasteiger partial charge in [0.2, 0.25) is 5.91 Å². The third-order valence-electron chi connectivity index (χ3n) is 5.19. The molecule has 1 amide bonds. The lowest BCUT2D eigenvalue weighted by Gasteiger charge is -2.13. The maximum Gasteiger partial charge on any atom is 0.340 e. The van der Waals surface area contributed by atoms with Gasteiger partial charge < -0.3 is 19.3 Å². The van der Waals surface area contributed by atoms with Crippen LogP contribution in [0.25, 0.3) is 21.9 Å². The second-order valence-electron chi connectivity index (χ2n) is 7.16. The molecular formula is C23H21NO5. The van der Waals surface area contributed by atoms with Gasteiger partial charge >= 0.3 is 5.63 Å². The van der Waals surface area contributed by atoms with Crippen molar-refractivity contribution >= 4 is 27.8 Å². The van der Waals surface area contributed by atoms with Gasteiger partial charge in [0.1, 0.15) is 11.2 Å². The number of furan rings is 1. The van der Waals surface area contributed by atoms with Crippen molar-refractivity contribution in [1.82, 2.24) is 5.32 Å². The Balaban J connectivity index is 1.57. The number of hydrogen-bond donors (Lipinski definition) is 2. The van der Waals surface area contributed by atoms with Crippen LogP contribution in [-0.4, -0.2) is 17.6 Å². The lowest BCUT2D eigenvalue weighted by Crippen LogP contribution is -2.31. The Morgan fingerprint density at radius 2 is 1.86 bits per heavy atom. The molecule has 2 heterocycles. The van der Waals surface area contributed by atoms with Crippen molar-refractivity contribution in [3.8, 4) is 0 Å². The summed E-state index contributed by atoms with van der Waals surface area (Å²) >= 11 is 0. The van der Waals surface area contributed by atoms with Crippen LogP contribution in [0.2, 0.25) is 0 Å². The number of aryl methyl sites for hydroxylation is 2. The van der Waals surface area contributed by atoms with Gasteiger partial charge in [-0.15, -0.1) is 0 Å². The lowest BCUT2D eigenvalue weighted by molar-refractivity contribution is -0.120. The van der Waals surface area contributed by atoms with Gasteiger partial charge in [-0.05, 0) is 36.6 Å². The van der Waals surface area contributed by atoms with Crippen LogP contribution in [-0.2, 0) is 11.2 Å². The van der Waals surface area contributed by atoms with Crippen LogP contribution in [0.3, 0.4) is 0 Å². The van der Waals surface area contributed by atoms with E-state index in [1.54, 1.807) is 24.5 Å². The number of aliphatic hydroxyl groups excluding tert-OH is 1. The molecular weight excluding hydrogens is 370 g/mol. The highest BCUT2D eigenvalue weighted by Crippen LogP contribution is 2.28. The van der Waals surface area contributed by atoms with Crippen molar-refractivity contribution in [1.29, 1.82) is 0 Å². The third-order valence-corrected chi connectivity index (χ3v) is 5.19. The number of hydrogen-bond acceptors (Lipinski definition) is 5. The molecule has 0 fully saturated rings. The molecule has 6 nitrogen and oxygen atoms in total. The van der Waals surface area contributed by atoms with Gasteiger partial charge in [-0.3, -0.25) is 4.79 Å². The minimum absolute atomic E-state index is 0.0651. The van der Waals surface area contributed by atoms with E-state index < -0.39 is 11.7 Å². The van der Waals surface area contributed by atoms with E-state index in [4.69, 9.17) is 8.83 Å². The van der Waals surface area contributed by atoms with Crippen LogP contribution >= 0.6 is 0 Å². The molecule has 2 N–H and O–H groups in total. The molecule has 29 heavy (non-hydrogen) atoms. The molecule has 148 valence electrons. The zero-order valence-corrected chi connectivity index (χ0v) is 16.2. The summed E-state index contributed by atoms with van der Waals surface area (Å²) in [4.78, 5) is 24.9. The predicted octanol–water partition coefficient (Wildman–Crippen LogP) is 3.55.